The van der Waals surface area contributed by atoms with Gasteiger partial charge < -0.3 is 10.1 Å². The van der Waals surface area contributed by atoms with Gasteiger partial charge in [-0.1, -0.05) is 30.3 Å². The molecule has 0 aromatic heterocycles. The molecule has 0 aliphatic heterocycles. The number of urea groups is 1. The molecule has 6 nitrogen and oxygen atoms in total. The summed E-state index contributed by atoms with van der Waals surface area (Å²) in [6.45, 7) is 4.64. The monoisotopic (exact) mass is 293 g/mol. The molecule has 6 heteroatoms. The van der Waals surface area contributed by atoms with Gasteiger partial charge >= 0.3 is 6.03 Å². The van der Waals surface area contributed by atoms with Gasteiger partial charge in [-0.25, -0.2) is 4.79 Å². The fraction of sp³-hybridized carbons (Fsp3) is 0.467. The Morgan fingerprint density at radius 1 is 1.24 bits per heavy atom. The highest BCUT2D eigenvalue weighted by atomic mass is 16.5. The van der Waals surface area contributed by atoms with Crippen molar-refractivity contribution in [3.8, 4) is 0 Å². The van der Waals surface area contributed by atoms with E-state index in [1.807, 2.05) is 37.3 Å². The molecule has 0 bridgehead atoms. The van der Waals surface area contributed by atoms with E-state index in [2.05, 4.69) is 16.0 Å². The van der Waals surface area contributed by atoms with Crippen molar-refractivity contribution in [2.75, 3.05) is 20.3 Å². The summed E-state index contributed by atoms with van der Waals surface area (Å²) in [4.78, 5) is 23.8. The summed E-state index contributed by atoms with van der Waals surface area (Å²) < 4.78 is 5.07. The third-order valence-corrected chi connectivity index (χ3v) is 2.84. The van der Waals surface area contributed by atoms with Gasteiger partial charge in [0.1, 0.15) is 6.04 Å². The fourth-order valence-electron chi connectivity index (χ4n) is 1.94. The number of nitrogens with one attached hydrogen (secondary N) is 3. The van der Waals surface area contributed by atoms with E-state index in [1.54, 1.807) is 14.0 Å². The molecule has 0 saturated heterocycles. The minimum absolute atomic E-state index is 0.0276. The highest BCUT2D eigenvalue weighted by molar-refractivity contribution is 5.97. The quantitative estimate of drug-likeness (QED) is 0.706. The Bertz CT molecular complexity index is 451. The van der Waals surface area contributed by atoms with E-state index in [-0.39, 0.29) is 6.04 Å². The Labute approximate surface area is 125 Å². The summed E-state index contributed by atoms with van der Waals surface area (Å²) in [5, 5.41) is 8.04. The van der Waals surface area contributed by atoms with Crippen molar-refractivity contribution in [3.63, 3.8) is 0 Å². The molecule has 0 spiro atoms. The van der Waals surface area contributed by atoms with Crippen LogP contribution in [-0.4, -0.2) is 38.2 Å². The predicted octanol–water partition coefficient (Wildman–Crippen LogP) is 1.20. The van der Waals surface area contributed by atoms with Crippen molar-refractivity contribution in [1.29, 1.82) is 0 Å². The third kappa shape index (κ3) is 5.93. The van der Waals surface area contributed by atoms with Crippen LogP contribution in [0.5, 0.6) is 0 Å². The Balaban J connectivity index is 2.81. The van der Waals surface area contributed by atoms with Crippen molar-refractivity contribution >= 4 is 11.9 Å². The molecule has 0 aliphatic rings. The molecule has 1 rings (SSSR count). The first-order valence-electron chi connectivity index (χ1n) is 6.97. The lowest BCUT2D eigenvalue weighted by atomic mass is 10.1. The number of carbonyl (C=O) groups is 2. The standard InChI is InChI=1S/C15H23N3O3/c1-4-16-15(20)18-14(19)13(17-11(2)10-21-3)12-8-6-5-7-9-12/h5-9,11,13,17H,4,10H2,1-3H3,(H2,16,18,19,20)/t11-,13-/m1/s1. The summed E-state index contributed by atoms with van der Waals surface area (Å²) >= 11 is 0. The lowest BCUT2D eigenvalue weighted by Gasteiger charge is -2.22. The van der Waals surface area contributed by atoms with E-state index in [0.29, 0.717) is 13.2 Å². The number of ether oxygens (including phenoxy) is 1. The number of hydrogen-bond donors (Lipinski definition) is 3. The maximum absolute atomic E-state index is 12.3. The Hall–Kier alpha value is -1.92. The van der Waals surface area contributed by atoms with Gasteiger partial charge in [0.05, 0.1) is 6.61 Å². The highest BCUT2D eigenvalue weighted by Crippen LogP contribution is 2.13. The Kier molecular flexibility index (Phi) is 7.42. The van der Waals surface area contributed by atoms with Crippen molar-refractivity contribution < 1.29 is 14.3 Å². The van der Waals surface area contributed by atoms with Crippen LogP contribution in [0.2, 0.25) is 0 Å². The average molecular weight is 293 g/mol. The lowest BCUT2D eigenvalue weighted by molar-refractivity contribution is -0.122. The van der Waals surface area contributed by atoms with Crippen LogP contribution in [0, 0.1) is 0 Å². The van der Waals surface area contributed by atoms with E-state index in [4.69, 9.17) is 4.74 Å². The van der Waals surface area contributed by atoms with Gasteiger partial charge in [-0.15, -0.1) is 0 Å². The smallest absolute Gasteiger partial charge is 0.321 e. The highest BCUT2D eigenvalue weighted by Gasteiger charge is 2.23. The Morgan fingerprint density at radius 3 is 2.48 bits per heavy atom. The van der Waals surface area contributed by atoms with Crippen LogP contribution >= 0.6 is 0 Å². The molecule has 1 aromatic carbocycles. The average Bonchev–Trinajstić information content (AvgIpc) is 2.46. The molecule has 0 radical (unpaired) electrons. The molecular weight excluding hydrogens is 270 g/mol. The van der Waals surface area contributed by atoms with Crippen molar-refractivity contribution in [3.05, 3.63) is 35.9 Å². The topological polar surface area (TPSA) is 79.5 Å². The molecule has 0 heterocycles. The SMILES string of the molecule is CCNC(=O)NC(=O)[C@H](N[C@H](C)COC)c1ccccc1. The number of benzene rings is 1. The first-order chi connectivity index (χ1) is 10.1. The normalized spacial score (nSPS) is 13.3. The maximum Gasteiger partial charge on any atom is 0.321 e. The van der Waals surface area contributed by atoms with Gasteiger partial charge in [0, 0.05) is 19.7 Å². The van der Waals surface area contributed by atoms with Gasteiger partial charge in [0.25, 0.3) is 0 Å². The molecule has 116 valence electrons. The number of rotatable bonds is 7. The molecule has 0 unspecified atom stereocenters. The van der Waals surface area contributed by atoms with E-state index in [1.165, 1.54) is 0 Å². The van der Waals surface area contributed by atoms with Gasteiger partial charge in [-0.2, -0.15) is 0 Å². The van der Waals surface area contributed by atoms with Gasteiger partial charge in [0.2, 0.25) is 5.91 Å². The molecule has 3 amide bonds. The van der Waals surface area contributed by atoms with Crippen molar-refractivity contribution in [1.82, 2.24) is 16.0 Å². The minimum atomic E-state index is -0.612. The van der Waals surface area contributed by atoms with Crippen LogP contribution in [0.4, 0.5) is 4.79 Å². The molecule has 1 aromatic rings. The van der Waals surface area contributed by atoms with E-state index >= 15 is 0 Å². The summed E-state index contributed by atoms with van der Waals surface area (Å²) in [5.74, 6) is -0.393. The third-order valence-electron chi connectivity index (χ3n) is 2.84. The van der Waals surface area contributed by atoms with Crippen LogP contribution in [0.15, 0.2) is 30.3 Å². The van der Waals surface area contributed by atoms with E-state index in [9.17, 15) is 9.59 Å². The second kappa shape index (κ2) is 9.10. The van der Waals surface area contributed by atoms with Crippen LogP contribution < -0.4 is 16.0 Å². The van der Waals surface area contributed by atoms with Crippen LogP contribution in [0.1, 0.15) is 25.5 Å². The number of amides is 3. The first kappa shape index (κ1) is 17.1. The molecule has 3 N–H and O–H groups in total. The maximum atomic E-state index is 12.3. The molecular formula is C15H23N3O3. The fourth-order valence-corrected chi connectivity index (χ4v) is 1.94. The van der Waals surface area contributed by atoms with Crippen LogP contribution in [0.25, 0.3) is 0 Å². The molecule has 0 fully saturated rings. The molecule has 2 atom stereocenters. The molecule has 0 aliphatic carbocycles. The molecule has 21 heavy (non-hydrogen) atoms. The largest absolute Gasteiger partial charge is 0.383 e. The van der Waals surface area contributed by atoms with Crippen LogP contribution in [-0.2, 0) is 9.53 Å². The number of hydrogen-bond acceptors (Lipinski definition) is 4. The lowest BCUT2D eigenvalue weighted by Crippen LogP contribution is -2.47. The van der Waals surface area contributed by atoms with Crippen LogP contribution in [0.3, 0.4) is 0 Å². The summed E-state index contributed by atoms with van der Waals surface area (Å²) in [5.41, 5.74) is 0.794. The predicted molar refractivity (Wildman–Crippen MR) is 80.9 cm³/mol. The minimum Gasteiger partial charge on any atom is -0.383 e. The van der Waals surface area contributed by atoms with Crippen molar-refractivity contribution in [2.24, 2.45) is 0 Å². The zero-order chi connectivity index (χ0) is 15.7. The summed E-state index contributed by atoms with van der Waals surface area (Å²) in [6.07, 6.45) is 0. The number of imide groups is 1. The second-order valence-corrected chi connectivity index (χ2v) is 4.72. The number of methoxy groups -OCH3 is 1. The number of carbonyl (C=O) groups excluding carboxylic acids is 2. The van der Waals surface area contributed by atoms with Crippen molar-refractivity contribution in [2.45, 2.75) is 25.9 Å². The van der Waals surface area contributed by atoms with Gasteiger partial charge in [0.15, 0.2) is 0 Å². The first-order valence-corrected chi connectivity index (χ1v) is 6.97. The summed E-state index contributed by atoms with van der Waals surface area (Å²) in [7, 11) is 1.60. The van der Waals surface area contributed by atoms with E-state index < -0.39 is 18.0 Å². The molecule has 0 saturated carbocycles. The zero-order valence-electron chi connectivity index (χ0n) is 12.7. The Morgan fingerprint density at radius 2 is 1.90 bits per heavy atom. The second-order valence-electron chi connectivity index (χ2n) is 4.72. The van der Waals surface area contributed by atoms with Gasteiger partial charge in [-0.3, -0.25) is 15.4 Å². The van der Waals surface area contributed by atoms with E-state index in [0.717, 1.165) is 5.56 Å². The van der Waals surface area contributed by atoms with Gasteiger partial charge in [-0.05, 0) is 19.4 Å². The summed E-state index contributed by atoms with van der Waals surface area (Å²) in [6, 6.07) is 8.13. The zero-order valence-corrected chi connectivity index (χ0v) is 12.7.